The van der Waals surface area contributed by atoms with Crippen LogP contribution in [0.25, 0.3) is 0 Å². The van der Waals surface area contributed by atoms with E-state index in [0.29, 0.717) is 11.4 Å². The van der Waals surface area contributed by atoms with E-state index in [1.807, 2.05) is 32.0 Å². The number of nitrogens with zero attached hydrogens (tertiary/aromatic N) is 4. The second kappa shape index (κ2) is 6.88. The number of benzene rings is 2. The summed E-state index contributed by atoms with van der Waals surface area (Å²) in [7, 11) is 0. The molecule has 8 nitrogen and oxygen atoms in total. The Morgan fingerprint density at radius 3 is 2.50 bits per heavy atom. The molecule has 4 rings (SSSR count). The van der Waals surface area contributed by atoms with Gasteiger partial charge < -0.3 is 5.32 Å². The van der Waals surface area contributed by atoms with Gasteiger partial charge in [-0.2, -0.15) is 5.11 Å². The largest absolute Gasteiger partial charge is 0.324 e. The first-order valence-corrected chi connectivity index (χ1v) is 8.93. The number of hydrogen-bond donors (Lipinski definition) is 1. The fourth-order valence-corrected chi connectivity index (χ4v) is 3.35. The van der Waals surface area contributed by atoms with Gasteiger partial charge in [0.25, 0.3) is 11.8 Å². The Labute approximate surface area is 161 Å². The number of para-hydroxylation sites is 1. The summed E-state index contributed by atoms with van der Waals surface area (Å²) in [6, 6.07) is 12.5. The maximum atomic E-state index is 12.8. The molecule has 142 valence electrons. The first-order chi connectivity index (χ1) is 13.5. The Balaban J connectivity index is 1.47. The quantitative estimate of drug-likeness (QED) is 0.827. The van der Waals surface area contributed by atoms with Crippen LogP contribution in [0, 0.1) is 13.8 Å². The van der Waals surface area contributed by atoms with Crippen LogP contribution in [0.4, 0.5) is 11.4 Å². The molecule has 2 aromatic carbocycles. The molecule has 2 unspecified atom stereocenters. The van der Waals surface area contributed by atoms with E-state index in [2.05, 4.69) is 15.7 Å². The van der Waals surface area contributed by atoms with Crippen molar-refractivity contribution in [3.8, 4) is 0 Å². The molecule has 0 saturated carbocycles. The van der Waals surface area contributed by atoms with E-state index >= 15 is 0 Å². The zero-order valence-corrected chi connectivity index (χ0v) is 15.5. The fraction of sp³-hybridized carbons (Fsp3) is 0.250. The first-order valence-electron chi connectivity index (χ1n) is 8.93. The summed E-state index contributed by atoms with van der Waals surface area (Å²) >= 11 is 0. The number of carbonyl (C=O) groups is 3. The van der Waals surface area contributed by atoms with E-state index in [4.69, 9.17) is 0 Å². The Morgan fingerprint density at radius 2 is 1.79 bits per heavy atom. The normalized spacial score (nSPS) is 20.6. The molecule has 2 atom stereocenters. The smallest absolute Gasteiger partial charge is 0.263 e. The van der Waals surface area contributed by atoms with E-state index in [0.717, 1.165) is 16.0 Å². The number of amides is 3. The maximum absolute atomic E-state index is 12.8. The molecule has 0 aromatic heterocycles. The lowest BCUT2D eigenvalue weighted by Crippen LogP contribution is -2.43. The molecule has 0 bridgehead atoms. The minimum Gasteiger partial charge on any atom is -0.324 e. The van der Waals surface area contributed by atoms with Gasteiger partial charge in [0.15, 0.2) is 12.1 Å². The number of anilines is 2. The van der Waals surface area contributed by atoms with Crippen molar-refractivity contribution in [3.05, 3.63) is 59.7 Å². The summed E-state index contributed by atoms with van der Waals surface area (Å²) in [4.78, 5) is 39.0. The molecular weight excluding hydrogens is 358 g/mol. The van der Waals surface area contributed by atoms with Gasteiger partial charge in [-0.25, -0.2) is 4.90 Å². The van der Waals surface area contributed by atoms with Crippen LogP contribution >= 0.6 is 0 Å². The molecule has 2 aromatic rings. The van der Waals surface area contributed by atoms with Crippen LogP contribution in [-0.2, 0) is 14.4 Å². The van der Waals surface area contributed by atoms with E-state index in [1.54, 1.807) is 30.3 Å². The van der Waals surface area contributed by atoms with Crippen LogP contribution in [0.2, 0.25) is 0 Å². The number of rotatable bonds is 4. The van der Waals surface area contributed by atoms with Gasteiger partial charge >= 0.3 is 0 Å². The average molecular weight is 377 g/mol. The number of fused-ring (bicyclic) bond motifs is 1. The van der Waals surface area contributed by atoms with Gasteiger partial charge in [0.2, 0.25) is 5.91 Å². The Bertz CT molecular complexity index is 989. The monoisotopic (exact) mass is 377 g/mol. The number of imide groups is 1. The van der Waals surface area contributed by atoms with Crippen molar-refractivity contribution >= 4 is 29.1 Å². The van der Waals surface area contributed by atoms with E-state index in [1.165, 1.54) is 5.01 Å². The van der Waals surface area contributed by atoms with Crippen LogP contribution in [0.1, 0.15) is 11.1 Å². The van der Waals surface area contributed by atoms with Crippen molar-refractivity contribution in [1.82, 2.24) is 5.01 Å². The van der Waals surface area contributed by atoms with Crippen molar-refractivity contribution in [3.63, 3.8) is 0 Å². The van der Waals surface area contributed by atoms with Crippen molar-refractivity contribution < 1.29 is 14.4 Å². The first kappa shape index (κ1) is 17.8. The lowest BCUT2D eigenvalue weighted by molar-refractivity contribution is -0.123. The molecule has 2 aliphatic heterocycles. The Hall–Kier alpha value is -3.55. The van der Waals surface area contributed by atoms with Crippen LogP contribution in [0.5, 0.6) is 0 Å². The summed E-state index contributed by atoms with van der Waals surface area (Å²) < 4.78 is 0. The number of carbonyl (C=O) groups excluding carboxylic acids is 3. The molecule has 0 spiro atoms. The van der Waals surface area contributed by atoms with Crippen molar-refractivity contribution in [2.45, 2.75) is 25.9 Å². The molecule has 1 saturated heterocycles. The SMILES string of the molecule is Cc1ccc(NC(=O)CN2N=NC3C(=O)N(c4ccccc4)C(=O)C32)cc1C. The molecule has 2 aliphatic rings. The van der Waals surface area contributed by atoms with Gasteiger partial charge in [-0.3, -0.25) is 19.4 Å². The predicted molar refractivity (Wildman–Crippen MR) is 103 cm³/mol. The molecule has 2 heterocycles. The third-order valence-corrected chi connectivity index (χ3v) is 4.97. The number of hydrogen-bond acceptors (Lipinski definition) is 6. The summed E-state index contributed by atoms with van der Waals surface area (Å²) in [6.45, 7) is 3.79. The lowest BCUT2D eigenvalue weighted by atomic mass is 10.1. The van der Waals surface area contributed by atoms with Gasteiger partial charge in [0.05, 0.1) is 5.69 Å². The van der Waals surface area contributed by atoms with Crippen molar-refractivity contribution in [2.75, 3.05) is 16.8 Å². The van der Waals surface area contributed by atoms with Crippen LogP contribution in [0.15, 0.2) is 58.9 Å². The second-order valence-electron chi connectivity index (χ2n) is 6.89. The molecule has 8 heteroatoms. The Kier molecular flexibility index (Phi) is 4.38. The third kappa shape index (κ3) is 3.02. The summed E-state index contributed by atoms with van der Waals surface area (Å²) in [6.07, 6.45) is 0. The molecule has 1 N–H and O–H groups in total. The highest BCUT2D eigenvalue weighted by atomic mass is 16.2. The molecule has 1 fully saturated rings. The number of nitrogens with one attached hydrogen (secondary N) is 1. The summed E-state index contributed by atoms with van der Waals surface area (Å²) in [5.74, 6) is -1.19. The van der Waals surface area contributed by atoms with E-state index in [9.17, 15) is 14.4 Å². The Morgan fingerprint density at radius 1 is 1.04 bits per heavy atom. The van der Waals surface area contributed by atoms with Gasteiger partial charge in [0.1, 0.15) is 6.54 Å². The third-order valence-electron chi connectivity index (χ3n) is 4.97. The zero-order valence-electron chi connectivity index (χ0n) is 15.5. The van der Waals surface area contributed by atoms with Crippen LogP contribution in [0.3, 0.4) is 0 Å². The minimum atomic E-state index is -0.915. The van der Waals surface area contributed by atoms with Gasteiger partial charge in [-0.1, -0.05) is 29.5 Å². The molecule has 28 heavy (non-hydrogen) atoms. The van der Waals surface area contributed by atoms with E-state index < -0.39 is 23.9 Å². The molecular formula is C20H19N5O3. The molecule has 0 aliphatic carbocycles. The minimum absolute atomic E-state index is 0.167. The highest BCUT2D eigenvalue weighted by Crippen LogP contribution is 2.31. The van der Waals surface area contributed by atoms with E-state index in [-0.39, 0.29) is 12.5 Å². The molecule has 3 amide bonds. The standard InChI is InChI=1S/C20H19N5O3/c1-12-8-9-14(10-13(12)2)21-16(26)11-24-18-17(22-23-24)19(27)25(20(18)28)15-6-4-3-5-7-15/h3-10,17-18H,11H2,1-2H3,(H,21,26). The second-order valence-corrected chi connectivity index (χ2v) is 6.89. The summed E-state index contributed by atoms with van der Waals surface area (Å²) in [5, 5.41) is 11.9. The maximum Gasteiger partial charge on any atom is 0.263 e. The molecule has 0 radical (unpaired) electrons. The number of aryl methyl sites for hydroxylation is 2. The summed E-state index contributed by atoms with van der Waals surface area (Å²) in [5.41, 5.74) is 3.35. The highest BCUT2D eigenvalue weighted by molar-refractivity contribution is 6.25. The van der Waals surface area contributed by atoms with Crippen molar-refractivity contribution in [2.24, 2.45) is 10.3 Å². The van der Waals surface area contributed by atoms with Gasteiger partial charge in [-0.05, 0) is 49.2 Å². The topological polar surface area (TPSA) is 94.4 Å². The lowest BCUT2D eigenvalue weighted by Gasteiger charge is -2.20. The van der Waals surface area contributed by atoms with Crippen LogP contribution in [-0.4, -0.2) is 41.4 Å². The van der Waals surface area contributed by atoms with Crippen molar-refractivity contribution in [1.29, 1.82) is 0 Å². The zero-order chi connectivity index (χ0) is 19.8. The average Bonchev–Trinajstić information content (AvgIpc) is 3.19. The predicted octanol–water partition coefficient (Wildman–Crippen LogP) is 2.24. The van der Waals surface area contributed by atoms with Crippen LogP contribution < -0.4 is 10.2 Å². The highest BCUT2D eigenvalue weighted by Gasteiger charge is 2.55. The fourth-order valence-electron chi connectivity index (χ4n) is 3.35. The van der Waals surface area contributed by atoms with Gasteiger partial charge in [-0.15, -0.1) is 0 Å². The van der Waals surface area contributed by atoms with Gasteiger partial charge in [0, 0.05) is 5.69 Å².